The third-order valence-electron chi connectivity index (χ3n) is 2.71. The van der Waals surface area contributed by atoms with Gasteiger partial charge in [-0.05, 0) is 36.8 Å². The number of ether oxygens (including phenoxy) is 1. The zero-order chi connectivity index (χ0) is 14.5. The maximum absolute atomic E-state index is 10.7. The van der Waals surface area contributed by atoms with Gasteiger partial charge in [-0.1, -0.05) is 0 Å². The summed E-state index contributed by atoms with van der Waals surface area (Å²) in [6.45, 7) is 1.93. The molecule has 0 aliphatic rings. The lowest BCUT2D eigenvalue weighted by molar-refractivity contribution is -0.385. The van der Waals surface area contributed by atoms with Gasteiger partial charge >= 0.3 is 0 Å². The summed E-state index contributed by atoms with van der Waals surface area (Å²) in [5, 5.41) is 19.5. The summed E-state index contributed by atoms with van der Waals surface area (Å²) in [7, 11) is 0. The predicted molar refractivity (Wildman–Crippen MR) is 71.1 cm³/mol. The highest BCUT2D eigenvalue weighted by molar-refractivity contribution is 5.44. The number of nitrogens with zero attached hydrogens (tertiary/aromatic N) is 3. The molecular weight excluding hydrogens is 258 g/mol. The van der Waals surface area contributed by atoms with Crippen LogP contribution < -0.4 is 4.74 Å². The zero-order valence-electron chi connectivity index (χ0n) is 10.7. The fraction of sp³-hybridized carbons (Fsp3) is 0.143. The molecular formula is C14H11N3O3. The Kier molecular flexibility index (Phi) is 3.91. The quantitative estimate of drug-likeness (QED) is 0.628. The van der Waals surface area contributed by atoms with Gasteiger partial charge in [0, 0.05) is 17.8 Å². The SMILES string of the molecule is Cc1cc(OCc2ccnc(C#N)c2)ccc1[N+](=O)[O-]. The molecule has 0 saturated carbocycles. The van der Waals surface area contributed by atoms with Crippen molar-refractivity contribution in [1.29, 1.82) is 5.26 Å². The van der Waals surface area contributed by atoms with E-state index in [4.69, 9.17) is 10.00 Å². The molecule has 2 rings (SSSR count). The van der Waals surface area contributed by atoms with Crippen molar-refractivity contribution in [3.63, 3.8) is 0 Å². The Bertz CT molecular complexity index is 692. The molecule has 0 bridgehead atoms. The van der Waals surface area contributed by atoms with Crippen LogP contribution in [0.1, 0.15) is 16.8 Å². The van der Waals surface area contributed by atoms with Gasteiger partial charge in [-0.3, -0.25) is 10.1 Å². The monoisotopic (exact) mass is 269 g/mol. The third-order valence-corrected chi connectivity index (χ3v) is 2.71. The first-order valence-electron chi connectivity index (χ1n) is 5.83. The Labute approximate surface area is 115 Å². The number of nitriles is 1. The summed E-state index contributed by atoms with van der Waals surface area (Å²) in [6.07, 6.45) is 1.54. The maximum Gasteiger partial charge on any atom is 0.272 e. The highest BCUT2D eigenvalue weighted by Gasteiger charge is 2.10. The summed E-state index contributed by atoms with van der Waals surface area (Å²) in [4.78, 5) is 14.1. The summed E-state index contributed by atoms with van der Waals surface area (Å²) in [5.74, 6) is 0.545. The van der Waals surface area contributed by atoms with Gasteiger partial charge in [0.1, 0.15) is 24.1 Å². The molecule has 0 N–H and O–H groups in total. The minimum Gasteiger partial charge on any atom is -0.489 e. The highest BCUT2D eigenvalue weighted by Crippen LogP contribution is 2.23. The lowest BCUT2D eigenvalue weighted by Crippen LogP contribution is -1.98. The Balaban J connectivity index is 2.09. The van der Waals surface area contributed by atoms with Crippen LogP contribution in [0, 0.1) is 28.4 Å². The van der Waals surface area contributed by atoms with Crippen LogP contribution in [0.25, 0.3) is 0 Å². The Morgan fingerprint density at radius 2 is 2.20 bits per heavy atom. The standard InChI is InChI=1S/C14H11N3O3/c1-10-6-13(2-3-14(10)17(18)19)20-9-11-4-5-16-12(7-11)8-15/h2-7H,9H2,1H3. The second-order valence-corrected chi connectivity index (χ2v) is 4.16. The predicted octanol–water partition coefficient (Wildman–Crippen LogP) is 2.75. The minimum absolute atomic E-state index is 0.0630. The van der Waals surface area contributed by atoms with E-state index in [-0.39, 0.29) is 12.3 Å². The molecule has 0 aliphatic carbocycles. The molecule has 0 radical (unpaired) electrons. The number of nitro benzene ring substituents is 1. The van der Waals surface area contributed by atoms with Gasteiger partial charge in [0.15, 0.2) is 0 Å². The number of aromatic nitrogens is 1. The van der Waals surface area contributed by atoms with Crippen molar-refractivity contribution >= 4 is 5.69 Å². The molecule has 1 aromatic heterocycles. The van der Waals surface area contributed by atoms with E-state index in [9.17, 15) is 10.1 Å². The van der Waals surface area contributed by atoms with Crippen LogP contribution in [0.3, 0.4) is 0 Å². The molecule has 0 atom stereocenters. The lowest BCUT2D eigenvalue weighted by atomic mass is 10.2. The number of nitro groups is 1. The average Bonchev–Trinajstić information content (AvgIpc) is 2.45. The lowest BCUT2D eigenvalue weighted by Gasteiger charge is -2.07. The van der Waals surface area contributed by atoms with Crippen molar-refractivity contribution in [2.45, 2.75) is 13.5 Å². The summed E-state index contributed by atoms with van der Waals surface area (Å²) in [6, 6.07) is 9.92. The third kappa shape index (κ3) is 3.09. The maximum atomic E-state index is 10.7. The highest BCUT2D eigenvalue weighted by atomic mass is 16.6. The van der Waals surface area contributed by atoms with Crippen molar-refractivity contribution in [3.05, 3.63) is 63.5 Å². The molecule has 0 spiro atoms. The van der Waals surface area contributed by atoms with Gasteiger partial charge in [-0.2, -0.15) is 5.26 Å². The van der Waals surface area contributed by atoms with E-state index in [1.807, 2.05) is 6.07 Å². The van der Waals surface area contributed by atoms with E-state index in [1.54, 1.807) is 37.4 Å². The van der Waals surface area contributed by atoms with Crippen molar-refractivity contribution in [3.8, 4) is 11.8 Å². The molecule has 2 aromatic rings. The van der Waals surface area contributed by atoms with Gasteiger partial charge in [-0.15, -0.1) is 0 Å². The first-order chi connectivity index (χ1) is 9.60. The second-order valence-electron chi connectivity index (χ2n) is 4.16. The van der Waals surface area contributed by atoms with Crippen molar-refractivity contribution < 1.29 is 9.66 Å². The fourth-order valence-electron chi connectivity index (χ4n) is 1.71. The van der Waals surface area contributed by atoms with E-state index >= 15 is 0 Å². The number of hydrogen-bond donors (Lipinski definition) is 0. The Morgan fingerprint density at radius 3 is 2.85 bits per heavy atom. The van der Waals surface area contributed by atoms with Gasteiger partial charge in [0.2, 0.25) is 0 Å². The molecule has 0 fully saturated rings. The summed E-state index contributed by atoms with van der Waals surface area (Å²) in [5.41, 5.74) is 1.74. The zero-order valence-corrected chi connectivity index (χ0v) is 10.7. The molecule has 1 aromatic carbocycles. The largest absolute Gasteiger partial charge is 0.489 e. The smallest absolute Gasteiger partial charge is 0.272 e. The number of pyridine rings is 1. The number of rotatable bonds is 4. The van der Waals surface area contributed by atoms with Crippen LogP contribution >= 0.6 is 0 Å². The van der Waals surface area contributed by atoms with Crippen LogP contribution in [0.4, 0.5) is 5.69 Å². The van der Waals surface area contributed by atoms with Gasteiger partial charge in [0.05, 0.1) is 4.92 Å². The normalized spacial score (nSPS) is 9.80. The molecule has 6 nitrogen and oxygen atoms in total. The molecule has 0 saturated heterocycles. The van der Waals surface area contributed by atoms with Gasteiger partial charge in [-0.25, -0.2) is 4.98 Å². The van der Waals surface area contributed by atoms with Crippen molar-refractivity contribution in [1.82, 2.24) is 4.98 Å². The van der Waals surface area contributed by atoms with Crippen molar-refractivity contribution in [2.75, 3.05) is 0 Å². The van der Waals surface area contributed by atoms with Crippen LogP contribution in [0.2, 0.25) is 0 Å². The van der Waals surface area contributed by atoms with E-state index < -0.39 is 4.92 Å². The Morgan fingerprint density at radius 1 is 1.40 bits per heavy atom. The van der Waals surface area contributed by atoms with Crippen molar-refractivity contribution in [2.24, 2.45) is 0 Å². The van der Waals surface area contributed by atoms with E-state index in [2.05, 4.69) is 4.98 Å². The number of aryl methyl sites for hydroxylation is 1. The molecule has 100 valence electrons. The average molecular weight is 269 g/mol. The molecule has 6 heteroatoms. The van der Waals surface area contributed by atoms with Gasteiger partial charge < -0.3 is 4.74 Å². The van der Waals surface area contributed by atoms with Crippen LogP contribution in [0.5, 0.6) is 5.75 Å². The molecule has 0 aliphatic heterocycles. The van der Waals surface area contributed by atoms with E-state index in [1.165, 1.54) is 6.07 Å². The van der Waals surface area contributed by atoms with Crippen LogP contribution in [0.15, 0.2) is 36.5 Å². The number of hydrogen-bond acceptors (Lipinski definition) is 5. The molecule has 20 heavy (non-hydrogen) atoms. The summed E-state index contributed by atoms with van der Waals surface area (Å²) < 4.78 is 5.55. The molecule has 1 heterocycles. The minimum atomic E-state index is -0.429. The van der Waals surface area contributed by atoms with Crippen LogP contribution in [-0.4, -0.2) is 9.91 Å². The fourth-order valence-corrected chi connectivity index (χ4v) is 1.71. The second kappa shape index (κ2) is 5.80. The van der Waals surface area contributed by atoms with E-state index in [0.717, 1.165) is 5.56 Å². The first-order valence-corrected chi connectivity index (χ1v) is 5.83. The summed E-state index contributed by atoms with van der Waals surface area (Å²) >= 11 is 0. The topological polar surface area (TPSA) is 89.0 Å². The van der Waals surface area contributed by atoms with Crippen LogP contribution in [-0.2, 0) is 6.61 Å². The molecule has 0 amide bonds. The number of benzene rings is 1. The first kappa shape index (κ1) is 13.5. The molecule has 0 unspecified atom stereocenters. The Hall–Kier alpha value is -2.94. The van der Waals surface area contributed by atoms with Gasteiger partial charge in [0.25, 0.3) is 5.69 Å². The van der Waals surface area contributed by atoms with E-state index in [0.29, 0.717) is 17.0 Å².